The average molecular weight is 298 g/mol. The van der Waals surface area contributed by atoms with Crippen LogP contribution < -0.4 is 4.90 Å². The number of anilines is 1. The number of alkyl halides is 1. The smallest absolute Gasteiger partial charge is 0.223 e. The predicted octanol–water partition coefficient (Wildman–Crippen LogP) is 2.70. The van der Waals surface area contributed by atoms with Crippen LogP contribution in [-0.4, -0.2) is 23.6 Å². The number of carbonyl (C=O) groups excluding carboxylic acids is 2. The highest BCUT2D eigenvalue weighted by Gasteiger charge is 2.12. The molecule has 4 heteroatoms. The summed E-state index contributed by atoms with van der Waals surface area (Å²) >= 11 is 3.11. The Hall–Kier alpha value is -1.16. The Labute approximate surface area is 110 Å². The minimum absolute atomic E-state index is 0.0452. The van der Waals surface area contributed by atoms with Crippen molar-refractivity contribution in [2.24, 2.45) is 0 Å². The molecule has 0 atom stereocenters. The molecule has 0 aliphatic heterocycles. The van der Waals surface area contributed by atoms with E-state index in [9.17, 15) is 9.59 Å². The van der Waals surface area contributed by atoms with Gasteiger partial charge in [0.1, 0.15) is 5.78 Å². The first-order chi connectivity index (χ1) is 8.04. The molecule has 1 aromatic carbocycles. The van der Waals surface area contributed by atoms with E-state index in [0.29, 0.717) is 18.3 Å². The van der Waals surface area contributed by atoms with Crippen LogP contribution in [0.25, 0.3) is 0 Å². The number of nitrogens with zero attached hydrogens (tertiary/aromatic N) is 1. The molecule has 0 radical (unpaired) electrons. The van der Waals surface area contributed by atoms with Gasteiger partial charge in [0.05, 0.1) is 5.33 Å². The fourth-order valence-corrected chi connectivity index (χ4v) is 1.78. The van der Waals surface area contributed by atoms with Crippen molar-refractivity contribution in [1.29, 1.82) is 0 Å². The molecule has 0 aliphatic carbocycles. The molecule has 0 N–H and O–H groups in total. The summed E-state index contributed by atoms with van der Waals surface area (Å²) in [6.45, 7) is 3.94. The molecule has 0 unspecified atom stereocenters. The van der Waals surface area contributed by atoms with Crippen LogP contribution in [0.3, 0.4) is 0 Å². The average Bonchev–Trinajstić information content (AvgIpc) is 2.31. The number of ketones is 1. The molecular weight excluding hydrogens is 282 g/mol. The molecule has 1 aromatic rings. The van der Waals surface area contributed by atoms with Crippen LogP contribution in [0.5, 0.6) is 0 Å². The maximum atomic E-state index is 11.5. The summed E-state index contributed by atoms with van der Waals surface area (Å²) in [6.07, 6.45) is 0.374. The third kappa shape index (κ3) is 4.30. The summed E-state index contributed by atoms with van der Waals surface area (Å²) in [5.74, 6) is 0.0552. The number of hydrogen-bond acceptors (Lipinski definition) is 2. The van der Waals surface area contributed by atoms with Gasteiger partial charge in [0, 0.05) is 25.6 Å². The molecule has 17 heavy (non-hydrogen) atoms. The number of hydrogen-bond donors (Lipinski definition) is 0. The summed E-state index contributed by atoms with van der Waals surface area (Å²) in [7, 11) is 0. The van der Waals surface area contributed by atoms with E-state index in [1.807, 2.05) is 31.2 Å². The van der Waals surface area contributed by atoms with Crippen molar-refractivity contribution in [1.82, 2.24) is 0 Å². The SMILES string of the molecule is CC(=O)N(CCC(=O)CBr)c1ccc(C)cc1. The molecule has 1 amide bonds. The molecule has 0 bridgehead atoms. The normalized spacial score (nSPS) is 10.1. The van der Waals surface area contributed by atoms with Gasteiger partial charge in [-0.1, -0.05) is 33.6 Å². The van der Waals surface area contributed by atoms with E-state index in [-0.39, 0.29) is 11.7 Å². The molecule has 0 saturated heterocycles. The molecule has 0 aromatic heterocycles. The van der Waals surface area contributed by atoms with Crippen LogP contribution in [0.2, 0.25) is 0 Å². The third-order valence-electron chi connectivity index (χ3n) is 2.49. The molecule has 0 saturated carbocycles. The molecule has 0 fully saturated rings. The number of carbonyl (C=O) groups is 2. The first-order valence-corrected chi connectivity index (χ1v) is 6.59. The fourth-order valence-electron chi connectivity index (χ4n) is 1.50. The van der Waals surface area contributed by atoms with Gasteiger partial charge in [-0.05, 0) is 19.1 Å². The lowest BCUT2D eigenvalue weighted by Crippen LogP contribution is -2.30. The van der Waals surface area contributed by atoms with E-state index in [0.717, 1.165) is 11.3 Å². The number of Topliss-reactive ketones (excluding diaryl/α,β-unsaturated/α-hetero) is 1. The number of amides is 1. The van der Waals surface area contributed by atoms with Crippen molar-refractivity contribution in [3.05, 3.63) is 29.8 Å². The van der Waals surface area contributed by atoms with Crippen LogP contribution in [0.15, 0.2) is 24.3 Å². The monoisotopic (exact) mass is 297 g/mol. The Morgan fingerprint density at radius 1 is 1.24 bits per heavy atom. The van der Waals surface area contributed by atoms with E-state index in [1.165, 1.54) is 6.92 Å². The molecule has 3 nitrogen and oxygen atoms in total. The zero-order valence-corrected chi connectivity index (χ0v) is 11.7. The van der Waals surface area contributed by atoms with Crippen LogP contribution >= 0.6 is 15.9 Å². The second-order valence-electron chi connectivity index (χ2n) is 3.93. The van der Waals surface area contributed by atoms with Crippen LogP contribution in [0.4, 0.5) is 5.69 Å². The Kier molecular flexibility index (Phi) is 5.35. The molecule has 0 heterocycles. The number of rotatable bonds is 5. The van der Waals surface area contributed by atoms with Crippen LogP contribution in [0.1, 0.15) is 18.9 Å². The van der Waals surface area contributed by atoms with Gasteiger partial charge in [-0.2, -0.15) is 0 Å². The first kappa shape index (κ1) is 13.9. The number of benzene rings is 1. The first-order valence-electron chi connectivity index (χ1n) is 5.47. The summed E-state index contributed by atoms with van der Waals surface area (Å²) in [4.78, 5) is 24.4. The van der Waals surface area contributed by atoms with Crippen molar-refractivity contribution in [2.45, 2.75) is 20.3 Å². The minimum Gasteiger partial charge on any atom is -0.312 e. The van der Waals surface area contributed by atoms with E-state index in [4.69, 9.17) is 0 Å². The van der Waals surface area contributed by atoms with Crippen molar-refractivity contribution < 1.29 is 9.59 Å². The van der Waals surface area contributed by atoms with Gasteiger partial charge in [-0.15, -0.1) is 0 Å². The van der Waals surface area contributed by atoms with Crippen molar-refractivity contribution in [3.8, 4) is 0 Å². The van der Waals surface area contributed by atoms with E-state index in [2.05, 4.69) is 15.9 Å². The molecular formula is C13H16BrNO2. The quantitative estimate of drug-likeness (QED) is 0.784. The third-order valence-corrected chi connectivity index (χ3v) is 3.11. The van der Waals surface area contributed by atoms with Crippen molar-refractivity contribution in [3.63, 3.8) is 0 Å². The summed E-state index contributed by atoms with van der Waals surface area (Å²) in [5.41, 5.74) is 1.99. The van der Waals surface area contributed by atoms with Crippen molar-refractivity contribution in [2.75, 3.05) is 16.8 Å². The summed E-state index contributed by atoms with van der Waals surface area (Å²) < 4.78 is 0. The standard InChI is InChI=1S/C13H16BrNO2/c1-10-3-5-12(6-4-10)15(11(2)16)8-7-13(17)9-14/h3-6H,7-9H2,1-2H3. The van der Waals surface area contributed by atoms with Crippen molar-refractivity contribution >= 4 is 33.3 Å². The predicted molar refractivity (Wildman–Crippen MR) is 72.6 cm³/mol. The van der Waals surface area contributed by atoms with Gasteiger partial charge in [-0.25, -0.2) is 0 Å². The van der Waals surface area contributed by atoms with Gasteiger partial charge in [0.15, 0.2) is 0 Å². The highest BCUT2D eigenvalue weighted by atomic mass is 79.9. The highest BCUT2D eigenvalue weighted by Crippen LogP contribution is 2.15. The molecule has 1 rings (SSSR count). The number of aryl methyl sites for hydroxylation is 1. The maximum Gasteiger partial charge on any atom is 0.223 e. The Morgan fingerprint density at radius 2 is 1.82 bits per heavy atom. The second-order valence-corrected chi connectivity index (χ2v) is 4.49. The Bertz CT molecular complexity index is 400. The second kappa shape index (κ2) is 6.55. The topological polar surface area (TPSA) is 37.4 Å². The van der Waals surface area contributed by atoms with Crippen LogP contribution in [0, 0.1) is 6.92 Å². The molecule has 92 valence electrons. The van der Waals surface area contributed by atoms with E-state index in [1.54, 1.807) is 4.90 Å². The summed E-state index contributed by atoms with van der Waals surface area (Å²) in [5, 5.41) is 0.340. The Morgan fingerprint density at radius 3 is 2.29 bits per heavy atom. The highest BCUT2D eigenvalue weighted by molar-refractivity contribution is 9.09. The van der Waals surface area contributed by atoms with Gasteiger partial charge < -0.3 is 4.90 Å². The minimum atomic E-state index is -0.0452. The Balaban J connectivity index is 2.75. The molecule has 0 aliphatic rings. The lowest BCUT2D eigenvalue weighted by atomic mass is 10.2. The van der Waals surface area contributed by atoms with Gasteiger partial charge in [-0.3, -0.25) is 9.59 Å². The number of halogens is 1. The zero-order chi connectivity index (χ0) is 12.8. The lowest BCUT2D eigenvalue weighted by Gasteiger charge is -2.20. The van der Waals surface area contributed by atoms with Gasteiger partial charge in [0.2, 0.25) is 5.91 Å². The fraction of sp³-hybridized carbons (Fsp3) is 0.385. The van der Waals surface area contributed by atoms with E-state index >= 15 is 0 Å². The van der Waals surface area contributed by atoms with Gasteiger partial charge >= 0.3 is 0 Å². The zero-order valence-electron chi connectivity index (χ0n) is 10.1. The van der Waals surface area contributed by atoms with Crippen LogP contribution in [-0.2, 0) is 9.59 Å². The molecule has 0 spiro atoms. The largest absolute Gasteiger partial charge is 0.312 e. The van der Waals surface area contributed by atoms with Gasteiger partial charge in [0.25, 0.3) is 0 Å². The lowest BCUT2D eigenvalue weighted by molar-refractivity contribution is -0.117. The summed E-state index contributed by atoms with van der Waals surface area (Å²) in [6, 6.07) is 7.71. The van der Waals surface area contributed by atoms with E-state index < -0.39 is 0 Å². The maximum absolute atomic E-state index is 11.5.